The lowest BCUT2D eigenvalue weighted by Gasteiger charge is -2.29. The van der Waals surface area contributed by atoms with Crippen molar-refractivity contribution in [2.24, 2.45) is 5.92 Å². The molecule has 1 fully saturated rings. The van der Waals surface area contributed by atoms with Crippen molar-refractivity contribution < 1.29 is 4.92 Å². The van der Waals surface area contributed by atoms with Crippen molar-refractivity contribution in [3.05, 3.63) is 26.9 Å². The van der Waals surface area contributed by atoms with Gasteiger partial charge in [-0.3, -0.25) is 10.1 Å². The number of rotatable bonds is 3. The molecule has 0 amide bonds. The first-order chi connectivity index (χ1) is 8.58. The maximum Gasteiger partial charge on any atom is 0.312 e. The summed E-state index contributed by atoms with van der Waals surface area (Å²) in [7, 11) is 0. The molecule has 1 heterocycles. The van der Waals surface area contributed by atoms with Crippen LogP contribution in [0.1, 0.15) is 32.6 Å². The number of pyridine rings is 1. The third-order valence-corrected chi connectivity index (χ3v) is 3.90. The van der Waals surface area contributed by atoms with Crippen molar-refractivity contribution in [3.63, 3.8) is 0 Å². The van der Waals surface area contributed by atoms with Crippen LogP contribution in [0.2, 0.25) is 0 Å². The van der Waals surface area contributed by atoms with Gasteiger partial charge < -0.3 is 5.32 Å². The zero-order chi connectivity index (χ0) is 13.1. The molecule has 0 aliphatic heterocycles. The van der Waals surface area contributed by atoms with Crippen LogP contribution in [0.3, 0.4) is 0 Å². The minimum Gasteiger partial charge on any atom is -0.361 e. The molecule has 98 valence electrons. The smallest absolute Gasteiger partial charge is 0.312 e. The van der Waals surface area contributed by atoms with E-state index in [4.69, 9.17) is 0 Å². The van der Waals surface area contributed by atoms with Gasteiger partial charge in [-0.1, -0.05) is 19.8 Å². The summed E-state index contributed by atoms with van der Waals surface area (Å²) < 4.78 is 0.622. The van der Waals surface area contributed by atoms with Crippen LogP contribution in [0.4, 0.5) is 11.5 Å². The van der Waals surface area contributed by atoms with Crippen molar-refractivity contribution in [3.8, 4) is 0 Å². The van der Waals surface area contributed by atoms with Crippen LogP contribution in [-0.2, 0) is 0 Å². The van der Waals surface area contributed by atoms with Crippen LogP contribution >= 0.6 is 15.9 Å². The lowest BCUT2D eigenvalue weighted by atomic mass is 9.86. The molecule has 0 spiro atoms. The van der Waals surface area contributed by atoms with E-state index in [0.717, 1.165) is 6.42 Å². The lowest BCUT2D eigenvalue weighted by Crippen LogP contribution is -2.30. The molecule has 2 atom stereocenters. The van der Waals surface area contributed by atoms with E-state index in [0.29, 0.717) is 16.2 Å². The summed E-state index contributed by atoms with van der Waals surface area (Å²) in [5.41, 5.74) is 0.0298. The fraction of sp³-hybridized carbons (Fsp3) is 0.583. The number of nitrogens with one attached hydrogen (secondary N) is 1. The maximum atomic E-state index is 11.0. The van der Waals surface area contributed by atoms with Gasteiger partial charge in [0.15, 0.2) is 0 Å². The van der Waals surface area contributed by atoms with E-state index in [1.54, 1.807) is 6.20 Å². The van der Waals surface area contributed by atoms with Crippen LogP contribution in [0.25, 0.3) is 0 Å². The zero-order valence-electron chi connectivity index (χ0n) is 10.2. The predicted molar refractivity (Wildman–Crippen MR) is 73.6 cm³/mol. The molecule has 1 aromatic heterocycles. The van der Waals surface area contributed by atoms with Gasteiger partial charge in [-0.2, -0.15) is 0 Å². The Balaban J connectivity index is 2.20. The molecule has 1 N–H and O–H groups in total. The topological polar surface area (TPSA) is 68.1 Å². The summed E-state index contributed by atoms with van der Waals surface area (Å²) in [6.07, 6.45) is 6.22. The molecule has 0 bridgehead atoms. The SMILES string of the molecule is CC1CCCCC1Nc1ncc(Br)cc1[N+](=O)[O-]. The lowest BCUT2D eigenvalue weighted by molar-refractivity contribution is -0.384. The molecule has 2 rings (SSSR count). The van der Waals surface area contributed by atoms with Gasteiger partial charge in [-0.15, -0.1) is 0 Å². The Bertz CT molecular complexity index is 453. The van der Waals surface area contributed by atoms with Gasteiger partial charge in [0.1, 0.15) is 0 Å². The minimum atomic E-state index is -0.395. The molecule has 1 aliphatic carbocycles. The first-order valence-corrected chi connectivity index (χ1v) is 6.93. The average Bonchev–Trinajstić information content (AvgIpc) is 2.34. The normalized spacial score (nSPS) is 23.7. The third kappa shape index (κ3) is 2.98. The highest BCUT2D eigenvalue weighted by Crippen LogP contribution is 2.30. The van der Waals surface area contributed by atoms with E-state index in [1.165, 1.54) is 25.3 Å². The van der Waals surface area contributed by atoms with E-state index in [2.05, 4.69) is 33.2 Å². The molecule has 0 aromatic carbocycles. The summed E-state index contributed by atoms with van der Waals surface area (Å²) in [6.45, 7) is 2.18. The Morgan fingerprint density at radius 1 is 1.50 bits per heavy atom. The van der Waals surface area contributed by atoms with Gasteiger partial charge in [0, 0.05) is 22.8 Å². The second kappa shape index (κ2) is 5.65. The molecule has 2 unspecified atom stereocenters. The largest absolute Gasteiger partial charge is 0.361 e. The Morgan fingerprint density at radius 3 is 2.89 bits per heavy atom. The molecular formula is C12H16BrN3O2. The number of nitrogens with zero attached hydrogens (tertiary/aromatic N) is 2. The molecule has 6 heteroatoms. The Hall–Kier alpha value is -1.17. The van der Waals surface area contributed by atoms with Crippen molar-refractivity contribution in [1.82, 2.24) is 4.98 Å². The zero-order valence-corrected chi connectivity index (χ0v) is 11.8. The van der Waals surface area contributed by atoms with Gasteiger partial charge in [0.2, 0.25) is 5.82 Å². The van der Waals surface area contributed by atoms with Crippen LogP contribution in [-0.4, -0.2) is 15.9 Å². The molecule has 1 aliphatic rings. The van der Waals surface area contributed by atoms with Crippen LogP contribution in [0.15, 0.2) is 16.7 Å². The van der Waals surface area contributed by atoms with Crippen molar-refractivity contribution in [1.29, 1.82) is 0 Å². The summed E-state index contributed by atoms with van der Waals surface area (Å²) in [6, 6.07) is 1.77. The van der Waals surface area contributed by atoms with E-state index in [1.807, 2.05) is 0 Å². The number of halogens is 1. The molecular weight excluding hydrogens is 298 g/mol. The summed E-state index contributed by atoms with van der Waals surface area (Å²) in [5.74, 6) is 0.908. The van der Waals surface area contributed by atoms with Gasteiger partial charge in [0.25, 0.3) is 0 Å². The second-order valence-corrected chi connectivity index (χ2v) is 5.71. The number of hydrogen-bond donors (Lipinski definition) is 1. The van der Waals surface area contributed by atoms with Gasteiger partial charge in [-0.05, 0) is 34.7 Å². The van der Waals surface area contributed by atoms with Gasteiger partial charge >= 0.3 is 5.69 Å². The van der Waals surface area contributed by atoms with E-state index in [9.17, 15) is 10.1 Å². The predicted octanol–water partition coefficient (Wildman–Crippen LogP) is 3.74. The molecule has 5 nitrogen and oxygen atoms in total. The first kappa shape index (κ1) is 13.3. The number of hydrogen-bond acceptors (Lipinski definition) is 4. The van der Waals surface area contributed by atoms with Gasteiger partial charge in [-0.25, -0.2) is 4.98 Å². The van der Waals surface area contributed by atoms with Crippen LogP contribution in [0.5, 0.6) is 0 Å². The molecule has 0 radical (unpaired) electrons. The highest BCUT2D eigenvalue weighted by atomic mass is 79.9. The number of nitro groups is 1. The Labute approximate surface area is 114 Å². The standard InChI is InChI=1S/C12H16BrN3O2/c1-8-4-2-3-5-10(8)15-12-11(16(17)18)6-9(13)7-14-12/h6-8,10H,2-5H2,1H3,(H,14,15). The quantitative estimate of drug-likeness (QED) is 0.681. The van der Waals surface area contributed by atoms with Gasteiger partial charge in [0.05, 0.1) is 4.92 Å². The van der Waals surface area contributed by atoms with Crippen molar-refractivity contribution >= 4 is 27.4 Å². The maximum absolute atomic E-state index is 11.0. The first-order valence-electron chi connectivity index (χ1n) is 6.14. The average molecular weight is 314 g/mol. The second-order valence-electron chi connectivity index (χ2n) is 4.79. The fourth-order valence-corrected chi connectivity index (χ4v) is 2.70. The van der Waals surface area contributed by atoms with Crippen molar-refractivity contribution in [2.45, 2.75) is 38.6 Å². The molecule has 1 aromatic rings. The number of anilines is 1. The van der Waals surface area contributed by atoms with E-state index >= 15 is 0 Å². The van der Waals surface area contributed by atoms with Crippen molar-refractivity contribution in [2.75, 3.05) is 5.32 Å². The summed E-state index contributed by atoms with van der Waals surface area (Å²) in [4.78, 5) is 14.7. The van der Waals surface area contributed by atoms with E-state index in [-0.39, 0.29) is 11.7 Å². The molecule has 18 heavy (non-hydrogen) atoms. The summed E-state index contributed by atoms with van der Waals surface area (Å²) in [5, 5.41) is 14.2. The highest BCUT2D eigenvalue weighted by molar-refractivity contribution is 9.10. The monoisotopic (exact) mass is 313 g/mol. The third-order valence-electron chi connectivity index (χ3n) is 3.46. The van der Waals surface area contributed by atoms with E-state index < -0.39 is 4.92 Å². The Kier molecular flexibility index (Phi) is 4.16. The highest BCUT2D eigenvalue weighted by Gasteiger charge is 2.24. The number of aromatic nitrogens is 1. The van der Waals surface area contributed by atoms with Crippen LogP contribution in [0, 0.1) is 16.0 Å². The summed E-state index contributed by atoms with van der Waals surface area (Å²) >= 11 is 3.21. The Morgan fingerprint density at radius 2 is 2.22 bits per heavy atom. The fourth-order valence-electron chi connectivity index (χ4n) is 2.39. The van der Waals surface area contributed by atoms with Crippen LogP contribution < -0.4 is 5.32 Å². The molecule has 0 saturated heterocycles. The minimum absolute atomic E-state index is 0.0298. The molecule has 1 saturated carbocycles.